The minimum atomic E-state index is 0.432. The molecular weight excluding hydrogens is 219 g/mol. The molecule has 70 valence electrons. The lowest BCUT2D eigenvalue weighted by atomic mass is 10.1. The Labute approximate surface area is 92.0 Å². The Bertz CT molecular complexity index is 282. The topological polar surface area (TPSA) is 0 Å². The molecule has 0 N–H and O–H groups in total. The molecule has 3 heteroatoms. The average molecular weight is 231 g/mol. The molecule has 1 rings (SSSR count). The van der Waals surface area contributed by atoms with E-state index >= 15 is 0 Å². The zero-order valence-electron chi connectivity index (χ0n) is 7.50. The summed E-state index contributed by atoms with van der Waals surface area (Å²) in [7, 11) is 1.03. The third-order valence-electron chi connectivity index (χ3n) is 1.96. The van der Waals surface area contributed by atoms with Gasteiger partial charge in [0.25, 0.3) is 0 Å². The lowest BCUT2D eigenvalue weighted by Crippen LogP contribution is -1.97. The Morgan fingerprint density at radius 3 is 2.54 bits per heavy atom. The van der Waals surface area contributed by atoms with Crippen molar-refractivity contribution < 1.29 is 0 Å². The zero-order chi connectivity index (χ0) is 9.68. The summed E-state index contributed by atoms with van der Waals surface area (Å²) in [6.07, 6.45) is 0.995. The number of allylic oxidation sites excluding steroid dienone is 1. The summed E-state index contributed by atoms with van der Waals surface area (Å²) in [5.74, 6) is 0. The minimum Gasteiger partial charge on any atom is -0.0917 e. The normalized spacial score (nSPS) is 14.5. The molecule has 13 heavy (non-hydrogen) atoms. The molecule has 1 unspecified atom stereocenters. The summed E-state index contributed by atoms with van der Waals surface area (Å²) in [5, 5.41) is 0.775. The van der Waals surface area contributed by atoms with Crippen molar-refractivity contribution >= 4 is 33.4 Å². The molecule has 0 heterocycles. The van der Waals surface area contributed by atoms with Crippen LogP contribution in [0.25, 0.3) is 0 Å². The Hall–Kier alpha value is -0.243. The van der Waals surface area contributed by atoms with Crippen LogP contribution < -0.4 is 0 Å². The second kappa shape index (κ2) is 5.48. The number of rotatable bonds is 3. The molecule has 0 bridgehead atoms. The van der Waals surface area contributed by atoms with E-state index in [2.05, 4.69) is 12.1 Å². The molecule has 0 nitrogen and oxygen atoms in total. The fourth-order valence-electron chi connectivity index (χ4n) is 1.17. The molecule has 0 saturated heterocycles. The third-order valence-corrected chi connectivity index (χ3v) is 4.18. The number of halogens is 2. The molecule has 0 aliphatic carbocycles. The second-order valence-electron chi connectivity index (χ2n) is 3.08. The van der Waals surface area contributed by atoms with E-state index in [0.29, 0.717) is 5.54 Å². The van der Waals surface area contributed by atoms with Crippen LogP contribution in [0.5, 0.6) is 0 Å². The predicted molar refractivity (Wildman–Crippen MR) is 63.6 cm³/mol. The molecule has 0 spiro atoms. The molecule has 0 aliphatic heterocycles. The summed E-state index contributed by atoms with van der Waals surface area (Å²) >= 11 is 11.5. The standard InChI is InChI=1S/C10H12Cl2Si/c11-7-9(12)10(13)6-8-4-2-1-3-5-8/h1-5,7,10H,6H2,13H3. The Morgan fingerprint density at radius 1 is 1.38 bits per heavy atom. The minimum absolute atomic E-state index is 0.432. The van der Waals surface area contributed by atoms with Crippen molar-refractivity contribution in [2.24, 2.45) is 0 Å². The molecule has 0 aromatic heterocycles. The van der Waals surface area contributed by atoms with Gasteiger partial charge in [0.05, 0.1) is 0 Å². The SMILES string of the molecule is [SiH3]C(Cc1ccccc1)C(Cl)=CCl. The summed E-state index contributed by atoms with van der Waals surface area (Å²) < 4.78 is 0. The smallest absolute Gasteiger partial charge is 0.0291 e. The molecule has 0 saturated carbocycles. The highest BCUT2D eigenvalue weighted by Crippen LogP contribution is 2.23. The van der Waals surface area contributed by atoms with E-state index in [9.17, 15) is 0 Å². The van der Waals surface area contributed by atoms with Crippen molar-refractivity contribution in [2.45, 2.75) is 12.0 Å². The first-order valence-corrected chi connectivity index (χ1v) is 6.20. The maximum Gasteiger partial charge on any atom is 0.0291 e. The van der Waals surface area contributed by atoms with Gasteiger partial charge in [-0.05, 0) is 17.5 Å². The highest BCUT2D eigenvalue weighted by Gasteiger charge is 2.06. The van der Waals surface area contributed by atoms with Gasteiger partial charge in [-0.15, -0.1) is 0 Å². The maximum atomic E-state index is 5.93. The number of hydrogen-bond donors (Lipinski definition) is 0. The fraction of sp³-hybridized carbons (Fsp3) is 0.200. The molecular formula is C10H12Cl2Si. The molecule has 0 radical (unpaired) electrons. The molecule has 1 aromatic rings. The average Bonchev–Trinajstić information content (AvgIpc) is 2.18. The van der Waals surface area contributed by atoms with Gasteiger partial charge in [-0.25, -0.2) is 0 Å². The predicted octanol–water partition coefficient (Wildman–Crippen LogP) is 2.70. The van der Waals surface area contributed by atoms with Gasteiger partial charge in [-0.1, -0.05) is 53.5 Å². The van der Waals surface area contributed by atoms with Crippen LogP contribution in [0, 0.1) is 0 Å². The van der Waals surface area contributed by atoms with Gasteiger partial charge in [0.2, 0.25) is 0 Å². The largest absolute Gasteiger partial charge is 0.0917 e. The number of benzene rings is 1. The quantitative estimate of drug-likeness (QED) is 0.701. The van der Waals surface area contributed by atoms with E-state index in [1.54, 1.807) is 0 Å². The first-order chi connectivity index (χ1) is 6.24. The van der Waals surface area contributed by atoms with Crippen LogP contribution in [-0.4, -0.2) is 10.2 Å². The van der Waals surface area contributed by atoms with Gasteiger partial charge < -0.3 is 0 Å². The van der Waals surface area contributed by atoms with Crippen LogP contribution >= 0.6 is 23.2 Å². The van der Waals surface area contributed by atoms with Crippen LogP contribution in [0.2, 0.25) is 5.54 Å². The van der Waals surface area contributed by atoms with Crippen LogP contribution in [-0.2, 0) is 6.42 Å². The lowest BCUT2D eigenvalue weighted by Gasteiger charge is -2.08. The Morgan fingerprint density at radius 2 is 2.00 bits per heavy atom. The Balaban J connectivity index is 2.60. The van der Waals surface area contributed by atoms with E-state index < -0.39 is 0 Å². The van der Waals surface area contributed by atoms with E-state index in [1.807, 2.05) is 18.2 Å². The first-order valence-electron chi connectivity index (χ1n) is 4.23. The van der Waals surface area contributed by atoms with Gasteiger partial charge in [0.15, 0.2) is 0 Å². The van der Waals surface area contributed by atoms with Gasteiger partial charge >= 0.3 is 0 Å². The summed E-state index contributed by atoms with van der Waals surface area (Å²) in [4.78, 5) is 0. The maximum absolute atomic E-state index is 5.93. The van der Waals surface area contributed by atoms with Crippen molar-refractivity contribution in [3.05, 3.63) is 46.5 Å². The van der Waals surface area contributed by atoms with Crippen molar-refractivity contribution in [3.8, 4) is 0 Å². The van der Waals surface area contributed by atoms with Gasteiger partial charge in [-0.2, -0.15) is 0 Å². The van der Waals surface area contributed by atoms with Crippen LogP contribution in [0.1, 0.15) is 5.56 Å². The summed E-state index contributed by atoms with van der Waals surface area (Å²) in [6, 6.07) is 10.3. The fourth-order valence-corrected chi connectivity index (χ4v) is 2.31. The zero-order valence-corrected chi connectivity index (χ0v) is 11.0. The molecule has 1 aromatic carbocycles. The molecule has 1 atom stereocenters. The van der Waals surface area contributed by atoms with Crippen molar-refractivity contribution in [2.75, 3.05) is 0 Å². The van der Waals surface area contributed by atoms with Crippen molar-refractivity contribution in [3.63, 3.8) is 0 Å². The summed E-state index contributed by atoms with van der Waals surface area (Å²) in [6.45, 7) is 0. The Kier molecular flexibility index (Phi) is 4.57. The molecule has 0 aliphatic rings. The van der Waals surface area contributed by atoms with Crippen LogP contribution in [0.3, 0.4) is 0 Å². The van der Waals surface area contributed by atoms with E-state index in [-0.39, 0.29) is 0 Å². The second-order valence-corrected chi connectivity index (χ2v) is 5.13. The lowest BCUT2D eigenvalue weighted by molar-refractivity contribution is 0.981. The van der Waals surface area contributed by atoms with Crippen LogP contribution in [0.4, 0.5) is 0 Å². The van der Waals surface area contributed by atoms with E-state index in [4.69, 9.17) is 23.2 Å². The van der Waals surface area contributed by atoms with Gasteiger partial charge in [-0.3, -0.25) is 0 Å². The van der Waals surface area contributed by atoms with Crippen molar-refractivity contribution in [1.29, 1.82) is 0 Å². The number of hydrogen-bond acceptors (Lipinski definition) is 0. The van der Waals surface area contributed by atoms with E-state index in [0.717, 1.165) is 21.7 Å². The summed E-state index contributed by atoms with van der Waals surface area (Å²) in [5.41, 5.74) is 3.23. The first kappa shape index (κ1) is 10.8. The molecule has 0 fully saturated rings. The third kappa shape index (κ3) is 3.55. The molecule has 0 amide bonds. The highest BCUT2D eigenvalue weighted by molar-refractivity contribution is 6.40. The highest BCUT2D eigenvalue weighted by atomic mass is 35.5. The van der Waals surface area contributed by atoms with E-state index in [1.165, 1.54) is 11.1 Å². The monoisotopic (exact) mass is 230 g/mol. The van der Waals surface area contributed by atoms with Crippen molar-refractivity contribution in [1.82, 2.24) is 0 Å². The van der Waals surface area contributed by atoms with Crippen LogP contribution in [0.15, 0.2) is 40.9 Å². The van der Waals surface area contributed by atoms with Gasteiger partial charge in [0.1, 0.15) is 0 Å². The van der Waals surface area contributed by atoms with Gasteiger partial charge in [0, 0.05) is 20.8 Å².